The molecule has 0 spiro atoms. The first-order chi connectivity index (χ1) is 13.7. The van der Waals surface area contributed by atoms with Crippen molar-refractivity contribution >= 4 is 6.03 Å². The number of aliphatic hydroxyl groups excluding tert-OH is 1. The molecule has 2 amide bonds. The van der Waals surface area contributed by atoms with Gasteiger partial charge in [0, 0.05) is 12.0 Å². The number of carbonyl (C=O) groups excluding carboxylic acids is 1. The summed E-state index contributed by atoms with van der Waals surface area (Å²) in [4.78, 5) is 14.3. The molecule has 2 aliphatic rings. The average molecular weight is 375 g/mol. The highest BCUT2D eigenvalue weighted by Gasteiger charge is 2.52. The number of nitriles is 1. The van der Waals surface area contributed by atoms with Crippen LogP contribution in [0, 0.1) is 11.3 Å². The monoisotopic (exact) mass is 375 g/mol. The van der Waals surface area contributed by atoms with E-state index >= 15 is 0 Å². The zero-order valence-electron chi connectivity index (χ0n) is 15.8. The van der Waals surface area contributed by atoms with Gasteiger partial charge in [0.1, 0.15) is 6.04 Å². The number of nitrogens with zero attached hydrogens (tertiary/aromatic N) is 2. The van der Waals surface area contributed by atoms with Gasteiger partial charge in [-0.05, 0) is 29.5 Å². The molecule has 2 aromatic rings. The van der Waals surface area contributed by atoms with Crippen LogP contribution in [0.25, 0.3) is 11.1 Å². The first kappa shape index (κ1) is 18.5. The van der Waals surface area contributed by atoms with Crippen molar-refractivity contribution in [2.45, 2.75) is 49.7 Å². The van der Waals surface area contributed by atoms with E-state index in [9.17, 15) is 15.2 Å². The Labute approximate surface area is 165 Å². The van der Waals surface area contributed by atoms with Crippen molar-refractivity contribution < 1.29 is 9.90 Å². The summed E-state index contributed by atoms with van der Waals surface area (Å²) in [6.07, 6.45) is 4.23. The molecule has 1 saturated heterocycles. The van der Waals surface area contributed by atoms with E-state index in [0.29, 0.717) is 0 Å². The second-order valence-electron chi connectivity index (χ2n) is 7.64. The third kappa shape index (κ3) is 3.25. The lowest BCUT2D eigenvalue weighted by Gasteiger charge is -2.52. The molecule has 0 bridgehead atoms. The molecular formula is C23H25N3O2. The zero-order chi connectivity index (χ0) is 19.5. The number of benzene rings is 2. The molecule has 144 valence electrons. The van der Waals surface area contributed by atoms with E-state index in [4.69, 9.17) is 0 Å². The molecule has 5 heteroatoms. The van der Waals surface area contributed by atoms with Gasteiger partial charge in [-0.3, -0.25) is 0 Å². The van der Waals surface area contributed by atoms with Crippen LogP contribution < -0.4 is 5.32 Å². The molecule has 0 aromatic heterocycles. The Morgan fingerprint density at radius 2 is 1.79 bits per heavy atom. The second kappa shape index (κ2) is 8.04. The largest absolute Gasteiger partial charge is 0.394 e. The van der Waals surface area contributed by atoms with Crippen molar-refractivity contribution in [1.29, 1.82) is 5.26 Å². The molecule has 2 N–H and O–H groups in total. The van der Waals surface area contributed by atoms with Crippen LogP contribution >= 0.6 is 0 Å². The Morgan fingerprint density at radius 3 is 2.46 bits per heavy atom. The van der Waals surface area contributed by atoms with Crippen molar-refractivity contribution in [3.63, 3.8) is 0 Å². The first-order valence-corrected chi connectivity index (χ1v) is 9.98. The minimum absolute atomic E-state index is 0.163. The number of likely N-dealkylation sites (tertiary alicyclic amines) is 1. The Bertz CT molecular complexity index is 871. The van der Waals surface area contributed by atoms with Crippen LogP contribution in [0.1, 0.15) is 37.2 Å². The number of nitrogens with one attached hydrogen (secondary N) is 1. The van der Waals surface area contributed by atoms with Crippen LogP contribution in [-0.2, 0) is 0 Å². The molecule has 28 heavy (non-hydrogen) atoms. The van der Waals surface area contributed by atoms with Gasteiger partial charge >= 0.3 is 6.03 Å². The maximum atomic E-state index is 12.8. The number of urea groups is 1. The number of hydrogen-bond donors (Lipinski definition) is 2. The van der Waals surface area contributed by atoms with Crippen LogP contribution in [0.4, 0.5) is 4.79 Å². The SMILES string of the molecule is N#C[C@@H]1[C@H](c2ccccc2-c2ccccc2)[C@H](CO)N1C(=O)NC1CCCC1. The van der Waals surface area contributed by atoms with E-state index < -0.39 is 12.1 Å². The quantitative estimate of drug-likeness (QED) is 0.856. The van der Waals surface area contributed by atoms with Gasteiger partial charge in [0.25, 0.3) is 0 Å². The van der Waals surface area contributed by atoms with E-state index in [0.717, 1.165) is 42.4 Å². The lowest BCUT2D eigenvalue weighted by atomic mass is 9.73. The number of hydrogen-bond acceptors (Lipinski definition) is 3. The molecule has 2 aromatic carbocycles. The van der Waals surface area contributed by atoms with Crippen LogP contribution in [0.15, 0.2) is 54.6 Å². The van der Waals surface area contributed by atoms with Gasteiger partial charge in [-0.1, -0.05) is 67.4 Å². The number of carbonyl (C=O) groups is 1. The van der Waals surface area contributed by atoms with E-state index in [2.05, 4.69) is 11.4 Å². The fourth-order valence-corrected chi connectivity index (χ4v) is 4.65. The van der Waals surface area contributed by atoms with Gasteiger partial charge < -0.3 is 15.3 Å². The van der Waals surface area contributed by atoms with Gasteiger partial charge in [0.15, 0.2) is 0 Å². The normalized spacial score (nSPS) is 24.4. The average Bonchev–Trinajstić information content (AvgIpc) is 3.22. The van der Waals surface area contributed by atoms with Gasteiger partial charge in [-0.25, -0.2) is 4.79 Å². The van der Waals surface area contributed by atoms with Crippen molar-refractivity contribution in [2.75, 3.05) is 6.61 Å². The summed E-state index contributed by atoms with van der Waals surface area (Å²) < 4.78 is 0. The summed E-state index contributed by atoms with van der Waals surface area (Å²) in [6, 6.07) is 19.3. The highest BCUT2D eigenvalue weighted by molar-refractivity contribution is 5.79. The molecule has 1 saturated carbocycles. The van der Waals surface area contributed by atoms with Crippen molar-refractivity contribution in [3.05, 3.63) is 60.2 Å². The van der Waals surface area contributed by atoms with Gasteiger partial charge in [0.05, 0.1) is 18.7 Å². The standard InChI is InChI=1S/C23H25N3O2/c24-14-20-22(19-13-7-6-12-18(19)16-8-2-1-3-9-16)21(15-27)26(20)23(28)25-17-10-4-5-11-17/h1-3,6-9,12-13,17,20-22,27H,4-5,10-11,15H2,(H,25,28)/t20-,21+,22+/m1/s1. The van der Waals surface area contributed by atoms with Gasteiger partial charge in [0.2, 0.25) is 0 Å². The molecule has 4 rings (SSSR count). The van der Waals surface area contributed by atoms with E-state index in [1.54, 1.807) is 0 Å². The minimum Gasteiger partial charge on any atom is -0.394 e. The van der Waals surface area contributed by atoms with Gasteiger partial charge in [-0.2, -0.15) is 5.26 Å². The fourth-order valence-electron chi connectivity index (χ4n) is 4.65. The third-order valence-electron chi connectivity index (χ3n) is 6.05. The molecule has 1 aliphatic heterocycles. The van der Waals surface area contributed by atoms with Crippen LogP contribution in [0.2, 0.25) is 0 Å². The zero-order valence-corrected chi connectivity index (χ0v) is 15.8. The summed E-state index contributed by atoms with van der Waals surface area (Å²) in [5.74, 6) is -0.208. The highest BCUT2D eigenvalue weighted by Crippen LogP contribution is 2.44. The topological polar surface area (TPSA) is 76.4 Å². The number of aliphatic hydroxyl groups is 1. The van der Waals surface area contributed by atoms with Crippen molar-refractivity contribution in [3.8, 4) is 17.2 Å². The summed E-state index contributed by atoms with van der Waals surface area (Å²) in [5.41, 5.74) is 3.12. The summed E-state index contributed by atoms with van der Waals surface area (Å²) in [6.45, 7) is -0.163. The summed E-state index contributed by atoms with van der Waals surface area (Å²) >= 11 is 0. The molecule has 1 heterocycles. The molecule has 5 nitrogen and oxygen atoms in total. The van der Waals surface area contributed by atoms with Crippen LogP contribution in [0.5, 0.6) is 0 Å². The number of amides is 2. The van der Waals surface area contributed by atoms with E-state index in [1.807, 2.05) is 54.6 Å². The highest BCUT2D eigenvalue weighted by atomic mass is 16.3. The molecule has 0 unspecified atom stereocenters. The summed E-state index contributed by atoms with van der Waals surface area (Å²) in [5, 5.41) is 22.9. The lowest BCUT2D eigenvalue weighted by molar-refractivity contribution is 0.0160. The second-order valence-corrected chi connectivity index (χ2v) is 7.64. The molecule has 1 aliphatic carbocycles. The Morgan fingerprint density at radius 1 is 1.11 bits per heavy atom. The lowest BCUT2D eigenvalue weighted by Crippen LogP contribution is -2.67. The number of rotatable bonds is 4. The molecule has 0 radical (unpaired) electrons. The first-order valence-electron chi connectivity index (χ1n) is 9.98. The van der Waals surface area contributed by atoms with E-state index in [-0.39, 0.29) is 24.6 Å². The van der Waals surface area contributed by atoms with Crippen LogP contribution in [0.3, 0.4) is 0 Å². The molecule has 2 fully saturated rings. The van der Waals surface area contributed by atoms with Crippen molar-refractivity contribution in [1.82, 2.24) is 10.2 Å². The maximum Gasteiger partial charge on any atom is 0.319 e. The Balaban J connectivity index is 1.62. The minimum atomic E-state index is -0.580. The molecule has 3 atom stereocenters. The van der Waals surface area contributed by atoms with Crippen molar-refractivity contribution in [2.24, 2.45) is 0 Å². The van der Waals surface area contributed by atoms with Gasteiger partial charge in [-0.15, -0.1) is 0 Å². The Kier molecular flexibility index (Phi) is 5.31. The predicted octanol–water partition coefficient (Wildman–Crippen LogP) is 3.66. The smallest absolute Gasteiger partial charge is 0.319 e. The van der Waals surface area contributed by atoms with Crippen LogP contribution in [-0.4, -0.2) is 40.8 Å². The summed E-state index contributed by atoms with van der Waals surface area (Å²) in [7, 11) is 0. The third-order valence-corrected chi connectivity index (χ3v) is 6.05. The Hall–Kier alpha value is -2.84. The molecular weight excluding hydrogens is 350 g/mol. The maximum absolute atomic E-state index is 12.8. The predicted molar refractivity (Wildman–Crippen MR) is 108 cm³/mol. The van der Waals surface area contributed by atoms with E-state index in [1.165, 1.54) is 4.90 Å². The fraction of sp³-hybridized carbons (Fsp3) is 0.391.